The second-order valence-corrected chi connectivity index (χ2v) is 3.67. The maximum Gasteiger partial charge on any atom is 0.344 e. The predicted molar refractivity (Wildman–Crippen MR) is 64.6 cm³/mol. The van der Waals surface area contributed by atoms with Gasteiger partial charge < -0.3 is 25.4 Å². The van der Waals surface area contributed by atoms with Gasteiger partial charge in [0.15, 0.2) is 17.6 Å². The fourth-order valence-corrected chi connectivity index (χ4v) is 1.45. The van der Waals surface area contributed by atoms with Crippen molar-refractivity contribution in [2.75, 3.05) is 13.7 Å². The molecule has 0 spiro atoms. The van der Waals surface area contributed by atoms with Crippen molar-refractivity contribution >= 4 is 5.97 Å². The Hall–Kier alpha value is -1.79. The van der Waals surface area contributed by atoms with Crippen LogP contribution in [0.5, 0.6) is 11.5 Å². The molecule has 0 aliphatic rings. The summed E-state index contributed by atoms with van der Waals surface area (Å²) in [5, 5.41) is 18.0. The number of aliphatic hydroxyl groups excluding tert-OH is 1. The lowest BCUT2D eigenvalue weighted by Crippen LogP contribution is -2.29. The average Bonchev–Trinajstić information content (AvgIpc) is 2.38. The Kier molecular flexibility index (Phi) is 5.41. The first-order valence-electron chi connectivity index (χ1n) is 5.49. The lowest BCUT2D eigenvalue weighted by molar-refractivity contribution is -0.145. The molecule has 0 fully saturated rings. The molecule has 0 amide bonds. The fraction of sp³-hybridized carbons (Fsp3) is 0.417. The van der Waals surface area contributed by atoms with Crippen LogP contribution >= 0.6 is 0 Å². The second-order valence-electron chi connectivity index (χ2n) is 3.67. The first-order valence-corrected chi connectivity index (χ1v) is 5.49. The minimum Gasteiger partial charge on any atom is -0.493 e. The number of methoxy groups -OCH3 is 1. The van der Waals surface area contributed by atoms with Crippen LogP contribution in [0, 0.1) is 0 Å². The van der Waals surface area contributed by atoms with Crippen LogP contribution in [-0.4, -0.2) is 35.9 Å². The highest BCUT2D eigenvalue weighted by atomic mass is 16.5. The Morgan fingerprint density at radius 1 is 1.44 bits per heavy atom. The van der Waals surface area contributed by atoms with Crippen LogP contribution in [-0.2, 0) is 11.4 Å². The molecule has 1 atom stereocenters. The maximum atomic E-state index is 11.0. The molecule has 1 aromatic rings. The molecule has 0 aromatic heterocycles. The average molecular weight is 255 g/mol. The summed E-state index contributed by atoms with van der Waals surface area (Å²) in [6.45, 7) is 0.0931. The first kappa shape index (κ1) is 14.3. The zero-order valence-electron chi connectivity index (χ0n) is 10.1. The second kappa shape index (κ2) is 6.83. The first-order chi connectivity index (χ1) is 8.62. The smallest absolute Gasteiger partial charge is 0.344 e. The van der Waals surface area contributed by atoms with Gasteiger partial charge in [0.2, 0.25) is 0 Å². The number of carboxylic acids is 1. The lowest BCUT2D eigenvalue weighted by atomic mass is 10.2. The third kappa shape index (κ3) is 3.61. The third-order valence-electron chi connectivity index (χ3n) is 2.38. The molecule has 1 rings (SSSR count). The van der Waals surface area contributed by atoms with Crippen LogP contribution in [0.25, 0.3) is 0 Å². The molecule has 0 heterocycles. The lowest BCUT2D eigenvalue weighted by Gasteiger charge is -2.17. The molecule has 1 aromatic carbocycles. The summed E-state index contributed by atoms with van der Waals surface area (Å²) in [6.07, 6.45) is -0.802. The van der Waals surface area contributed by atoms with E-state index in [0.29, 0.717) is 17.1 Å². The van der Waals surface area contributed by atoms with E-state index < -0.39 is 12.1 Å². The highest BCUT2D eigenvalue weighted by Gasteiger charge is 2.20. The number of carboxylic acid groups (broad SMARTS) is 1. The topological polar surface area (TPSA) is 102 Å². The Bertz CT molecular complexity index is 407. The van der Waals surface area contributed by atoms with Gasteiger partial charge in [0.1, 0.15) is 0 Å². The van der Waals surface area contributed by atoms with E-state index in [4.69, 9.17) is 25.4 Å². The molecule has 1 unspecified atom stereocenters. The highest BCUT2D eigenvalue weighted by molar-refractivity contribution is 5.73. The van der Waals surface area contributed by atoms with Gasteiger partial charge in [0.25, 0.3) is 0 Å². The molecule has 0 saturated heterocycles. The van der Waals surface area contributed by atoms with Crippen molar-refractivity contribution in [2.45, 2.75) is 19.1 Å². The number of benzene rings is 1. The van der Waals surface area contributed by atoms with Gasteiger partial charge in [-0.3, -0.25) is 0 Å². The Labute approximate surface area is 105 Å². The maximum absolute atomic E-state index is 11.0. The summed E-state index contributed by atoms with van der Waals surface area (Å²) in [5.74, 6) is -0.380. The predicted octanol–water partition coefficient (Wildman–Crippen LogP) is 0.368. The van der Waals surface area contributed by atoms with Crippen molar-refractivity contribution in [1.82, 2.24) is 0 Å². The van der Waals surface area contributed by atoms with Gasteiger partial charge >= 0.3 is 5.97 Å². The van der Waals surface area contributed by atoms with Crippen LogP contribution in [0.2, 0.25) is 0 Å². The normalized spacial score (nSPS) is 11.9. The number of carbonyl (C=O) groups is 1. The van der Waals surface area contributed by atoms with Gasteiger partial charge in [0, 0.05) is 6.42 Å². The van der Waals surface area contributed by atoms with Crippen molar-refractivity contribution < 1.29 is 24.5 Å². The van der Waals surface area contributed by atoms with E-state index in [9.17, 15) is 4.79 Å². The van der Waals surface area contributed by atoms with Gasteiger partial charge in [0.05, 0.1) is 13.7 Å². The zero-order chi connectivity index (χ0) is 13.5. The number of aliphatic carboxylic acids is 1. The van der Waals surface area contributed by atoms with Crippen LogP contribution in [0.3, 0.4) is 0 Å². The molecule has 0 saturated carbocycles. The Morgan fingerprint density at radius 2 is 2.17 bits per heavy atom. The Morgan fingerprint density at radius 3 is 2.67 bits per heavy atom. The van der Waals surface area contributed by atoms with E-state index in [1.807, 2.05) is 0 Å². The minimum atomic E-state index is -1.08. The largest absolute Gasteiger partial charge is 0.493 e. The zero-order valence-corrected chi connectivity index (χ0v) is 10.1. The van der Waals surface area contributed by atoms with E-state index in [1.165, 1.54) is 7.11 Å². The number of nitrogens with two attached hydrogens (primary N) is 1. The summed E-state index contributed by atoms with van der Waals surface area (Å²) in [4.78, 5) is 11.0. The van der Waals surface area contributed by atoms with Crippen LogP contribution in [0.1, 0.15) is 12.0 Å². The molecule has 6 nitrogen and oxygen atoms in total. The molecule has 4 N–H and O–H groups in total. The van der Waals surface area contributed by atoms with Gasteiger partial charge in [-0.2, -0.15) is 0 Å². The monoisotopic (exact) mass is 255 g/mol. The molecule has 0 radical (unpaired) electrons. The minimum absolute atomic E-state index is 0.123. The van der Waals surface area contributed by atoms with Crippen molar-refractivity contribution in [1.29, 1.82) is 0 Å². The number of hydrogen-bond donors (Lipinski definition) is 3. The van der Waals surface area contributed by atoms with Crippen molar-refractivity contribution in [3.8, 4) is 11.5 Å². The molecular formula is C12H17NO5. The van der Waals surface area contributed by atoms with E-state index in [1.54, 1.807) is 18.2 Å². The molecule has 100 valence electrons. The molecule has 18 heavy (non-hydrogen) atoms. The Balaban J connectivity index is 2.91. The van der Waals surface area contributed by atoms with Gasteiger partial charge in [-0.25, -0.2) is 4.79 Å². The molecule has 6 heteroatoms. The standard InChI is InChI=1S/C12H17NO5/c1-17-11-6-8(7-14)2-3-9(11)18-10(4-5-13)12(15)16/h2-3,6,10,14H,4-5,7,13H2,1H3,(H,15,16). The third-order valence-corrected chi connectivity index (χ3v) is 2.38. The van der Waals surface area contributed by atoms with E-state index in [2.05, 4.69) is 0 Å². The van der Waals surface area contributed by atoms with E-state index in [0.717, 1.165) is 0 Å². The van der Waals surface area contributed by atoms with Crippen LogP contribution in [0.15, 0.2) is 18.2 Å². The number of ether oxygens (including phenoxy) is 2. The molecule has 0 aliphatic carbocycles. The van der Waals surface area contributed by atoms with Gasteiger partial charge in [-0.15, -0.1) is 0 Å². The molecule has 0 bridgehead atoms. The van der Waals surface area contributed by atoms with Gasteiger partial charge in [-0.05, 0) is 24.2 Å². The summed E-state index contributed by atoms with van der Waals surface area (Å²) in [6, 6.07) is 4.80. The van der Waals surface area contributed by atoms with Crippen molar-refractivity contribution in [2.24, 2.45) is 5.73 Å². The number of hydrogen-bond acceptors (Lipinski definition) is 5. The molecular weight excluding hydrogens is 238 g/mol. The summed E-state index contributed by atoms with van der Waals surface area (Å²) >= 11 is 0. The van der Waals surface area contributed by atoms with Crippen LogP contribution < -0.4 is 15.2 Å². The van der Waals surface area contributed by atoms with E-state index in [-0.39, 0.29) is 19.6 Å². The number of rotatable bonds is 7. The van der Waals surface area contributed by atoms with E-state index >= 15 is 0 Å². The van der Waals surface area contributed by atoms with Crippen molar-refractivity contribution in [3.63, 3.8) is 0 Å². The fourth-order valence-electron chi connectivity index (χ4n) is 1.45. The molecule has 0 aliphatic heterocycles. The summed E-state index contributed by atoms with van der Waals surface area (Å²) in [7, 11) is 1.45. The SMILES string of the molecule is COc1cc(CO)ccc1OC(CCN)C(=O)O. The van der Waals surface area contributed by atoms with Crippen molar-refractivity contribution in [3.05, 3.63) is 23.8 Å². The summed E-state index contributed by atoms with van der Waals surface area (Å²) in [5.41, 5.74) is 5.99. The number of aliphatic hydroxyl groups is 1. The quantitative estimate of drug-likeness (QED) is 0.650. The highest BCUT2D eigenvalue weighted by Crippen LogP contribution is 2.29. The van der Waals surface area contributed by atoms with Crippen LogP contribution in [0.4, 0.5) is 0 Å². The van der Waals surface area contributed by atoms with Gasteiger partial charge in [-0.1, -0.05) is 6.07 Å². The summed E-state index contributed by atoms with van der Waals surface area (Å²) < 4.78 is 10.4.